The maximum atomic E-state index is 14.8. The Balaban J connectivity index is 1.19. The Morgan fingerprint density at radius 1 is 1.04 bits per heavy atom. The van der Waals surface area contributed by atoms with Crippen molar-refractivity contribution in [2.45, 2.75) is 57.5 Å². The SMILES string of the molecule is COc1cc2c(cc1F)[C@@H](Nc1nccc3cc(-c4c5c(nc(CCc6ccc(F)cc6)c4-c4nnc(C)o4)[C@@H]4CCCN4C5=O)sc13)CC2. The molecule has 0 bridgehead atoms. The summed E-state index contributed by atoms with van der Waals surface area (Å²) in [6.45, 7) is 2.42. The molecule has 1 aliphatic carbocycles. The number of carbonyl (C=O) groups excluding carboxylic acids is 1. The van der Waals surface area contributed by atoms with Gasteiger partial charge in [-0.3, -0.25) is 9.78 Å². The van der Waals surface area contributed by atoms with Crippen molar-refractivity contribution in [3.05, 3.63) is 106 Å². The highest BCUT2D eigenvalue weighted by molar-refractivity contribution is 7.23. The van der Waals surface area contributed by atoms with E-state index >= 15 is 0 Å². The molecule has 4 aromatic heterocycles. The van der Waals surface area contributed by atoms with Crippen molar-refractivity contribution in [1.29, 1.82) is 0 Å². The number of benzene rings is 2. The first kappa shape index (κ1) is 30.8. The number of amides is 1. The fourth-order valence-electron chi connectivity index (χ4n) is 7.79. The van der Waals surface area contributed by atoms with E-state index in [4.69, 9.17) is 19.1 Å². The van der Waals surface area contributed by atoms with Gasteiger partial charge in [0.05, 0.1) is 46.4 Å². The van der Waals surface area contributed by atoms with Crippen LogP contribution in [0.4, 0.5) is 14.6 Å². The van der Waals surface area contributed by atoms with E-state index in [2.05, 4.69) is 21.6 Å². The summed E-state index contributed by atoms with van der Waals surface area (Å²) < 4.78 is 40.7. The second kappa shape index (κ2) is 12.0. The molecule has 0 radical (unpaired) electrons. The van der Waals surface area contributed by atoms with Gasteiger partial charge < -0.3 is 19.4 Å². The molecule has 50 heavy (non-hydrogen) atoms. The molecule has 3 aliphatic rings. The number of halogens is 2. The average molecular weight is 691 g/mol. The molecule has 2 aromatic carbocycles. The average Bonchev–Trinajstić information content (AvgIpc) is 3.96. The third-order valence-corrected chi connectivity index (χ3v) is 11.3. The molecular formula is C38H32F2N6O3S. The van der Waals surface area contributed by atoms with Gasteiger partial charge in [0.25, 0.3) is 5.91 Å². The van der Waals surface area contributed by atoms with Crippen molar-refractivity contribution in [3.63, 3.8) is 0 Å². The zero-order valence-corrected chi connectivity index (χ0v) is 28.2. The summed E-state index contributed by atoms with van der Waals surface area (Å²) in [6, 6.07) is 13.7. The predicted molar refractivity (Wildman–Crippen MR) is 185 cm³/mol. The van der Waals surface area contributed by atoms with Crippen molar-refractivity contribution >= 4 is 33.1 Å². The lowest BCUT2D eigenvalue weighted by Gasteiger charge is -2.16. The molecule has 6 heterocycles. The highest BCUT2D eigenvalue weighted by Gasteiger charge is 2.45. The van der Waals surface area contributed by atoms with Gasteiger partial charge in [0.15, 0.2) is 11.6 Å². The van der Waals surface area contributed by atoms with Gasteiger partial charge in [-0.1, -0.05) is 12.1 Å². The Morgan fingerprint density at radius 3 is 2.70 bits per heavy atom. The monoisotopic (exact) mass is 690 g/mol. The molecule has 1 fully saturated rings. The van der Waals surface area contributed by atoms with Crippen LogP contribution in [-0.2, 0) is 19.3 Å². The molecule has 1 saturated heterocycles. The number of ether oxygens (including phenoxy) is 1. The van der Waals surface area contributed by atoms with Crippen molar-refractivity contribution in [2.75, 3.05) is 19.0 Å². The molecule has 12 heteroatoms. The lowest BCUT2D eigenvalue weighted by atomic mass is 9.93. The number of nitrogens with one attached hydrogen (secondary N) is 1. The maximum Gasteiger partial charge on any atom is 0.257 e. The van der Waals surface area contributed by atoms with Gasteiger partial charge in [-0.05, 0) is 97.0 Å². The topological polar surface area (TPSA) is 106 Å². The van der Waals surface area contributed by atoms with Crippen LogP contribution in [0.2, 0.25) is 0 Å². The molecule has 252 valence electrons. The van der Waals surface area contributed by atoms with E-state index in [0.29, 0.717) is 48.1 Å². The Hall–Kier alpha value is -5.23. The number of hydrogen-bond acceptors (Lipinski definition) is 9. The number of nitrogens with zero attached hydrogens (tertiary/aromatic N) is 5. The zero-order valence-electron chi connectivity index (χ0n) is 27.4. The first-order chi connectivity index (χ1) is 24.4. The van der Waals surface area contributed by atoms with Crippen molar-refractivity contribution in [2.24, 2.45) is 0 Å². The van der Waals surface area contributed by atoms with E-state index in [-0.39, 0.29) is 35.4 Å². The molecule has 1 amide bonds. The molecule has 2 atom stereocenters. The van der Waals surface area contributed by atoms with E-state index in [1.807, 2.05) is 11.0 Å². The van der Waals surface area contributed by atoms with E-state index in [1.165, 1.54) is 30.6 Å². The minimum Gasteiger partial charge on any atom is -0.494 e. The summed E-state index contributed by atoms with van der Waals surface area (Å²) >= 11 is 1.54. The van der Waals surface area contributed by atoms with Crippen LogP contribution in [0.1, 0.15) is 75.7 Å². The molecule has 9 rings (SSSR count). The van der Waals surface area contributed by atoms with Gasteiger partial charge in [0.1, 0.15) is 11.6 Å². The second-order valence-electron chi connectivity index (χ2n) is 13.1. The van der Waals surface area contributed by atoms with Gasteiger partial charge in [0, 0.05) is 30.1 Å². The van der Waals surface area contributed by atoms with Crippen LogP contribution < -0.4 is 10.1 Å². The highest BCUT2D eigenvalue weighted by atomic mass is 32.1. The van der Waals surface area contributed by atoms with E-state index in [0.717, 1.165) is 74.3 Å². The molecule has 6 aromatic rings. The quantitative estimate of drug-likeness (QED) is 0.171. The van der Waals surface area contributed by atoms with E-state index in [1.54, 1.807) is 37.4 Å². The molecule has 0 unspecified atom stereocenters. The number of hydrogen-bond donors (Lipinski definition) is 1. The Labute approximate surface area is 290 Å². The van der Waals surface area contributed by atoms with Crippen LogP contribution in [0.15, 0.2) is 59.1 Å². The largest absolute Gasteiger partial charge is 0.494 e. The van der Waals surface area contributed by atoms with Crippen LogP contribution in [0.5, 0.6) is 5.75 Å². The van der Waals surface area contributed by atoms with Gasteiger partial charge in [0.2, 0.25) is 11.8 Å². The fraction of sp³-hybridized carbons (Fsp3) is 0.289. The summed E-state index contributed by atoms with van der Waals surface area (Å²) in [5.41, 5.74) is 6.42. The summed E-state index contributed by atoms with van der Waals surface area (Å²) in [4.78, 5) is 26.9. The molecular weight excluding hydrogens is 659 g/mol. The first-order valence-electron chi connectivity index (χ1n) is 16.8. The summed E-state index contributed by atoms with van der Waals surface area (Å²) in [6.07, 6.45) is 6.25. The number of methoxy groups -OCH3 is 1. The molecule has 9 nitrogen and oxygen atoms in total. The minimum absolute atomic E-state index is 0.0403. The number of carbonyl (C=O) groups is 1. The summed E-state index contributed by atoms with van der Waals surface area (Å²) in [5.74, 6) is 0.929. The number of rotatable bonds is 8. The number of thiophene rings is 1. The van der Waals surface area contributed by atoms with Crippen LogP contribution in [-0.4, -0.2) is 44.6 Å². The van der Waals surface area contributed by atoms with E-state index < -0.39 is 0 Å². The van der Waals surface area contributed by atoms with Crippen molar-refractivity contribution in [3.8, 4) is 27.6 Å². The van der Waals surface area contributed by atoms with E-state index in [9.17, 15) is 13.6 Å². The normalized spacial score (nSPS) is 17.8. The molecule has 1 N–H and O–H groups in total. The second-order valence-corrected chi connectivity index (χ2v) is 14.1. The Morgan fingerprint density at radius 2 is 1.90 bits per heavy atom. The van der Waals surface area contributed by atoms with Crippen molar-refractivity contribution in [1.82, 2.24) is 25.1 Å². The van der Waals surface area contributed by atoms with Gasteiger partial charge >= 0.3 is 0 Å². The van der Waals surface area contributed by atoms with Crippen LogP contribution in [0.25, 0.3) is 32.0 Å². The smallest absolute Gasteiger partial charge is 0.257 e. The van der Waals surface area contributed by atoms with Crippen molar-refractivity contribution < 1.29 is 22.7 Å². The number of pyridine rings is 2. The molecule has 0 saturated carbocycles. The number of aromatic nitrogens is 4. The number of fused-ring (bicyclic) bond motifs is 5. The molecule has 2 aliphatic heterocycles. The number of aryl methyl sites for hydroxylation is 4. The predicted octanol–water partition coefficient (Wildman–Crippen LogP) is 8.18. The third-order valence-electron chi connectivity index (χ3n) is 10.1. The van der Waals surface area contributed by atoms with Gasteiger partial charge in [-0.2, -0.15) is 0 Å². The standard InChI is InChI=1S/C38H32F2N6O3S/c1-19-44-45-37(49-19)31-27(11-7-20-5-9-23(39)10-6-20)42-34-28-4-3-15-46(28)38(47)33(34)32(31)30-17-22-13-14-41-36(35(22)50-30)43-26-12-8-21-16-29(48-2)25(40)18-24(21)26/h5-6,9-10,13-14,16-18,26,28H,3-4,7-8,11-12,15H2,1-2H3,(H,41,43)/t26-,28-/m0/s1. The zero-order chi connectivity index (χ0) is 34.1. The Bertz CT molecular complexity index is 2320. The highest BCUT2D eigenvalue weighted by Crippen LogP contribution is 2.50. The minimum atomic E-state index is -0.389. The lowest BCUT2D eigenvalue weighted by molar-refractivity contribution is 0.0776. The van der Waals surface area contributed by atoms with Crippen LogP contribution in [0.3, 0.4) is 0 Å². The third kappa shape index (κ3) is 5.03. The van der Waals surface area contributed by atoms with Crippen LogP contribution >= 0.6 is 11.3 Å². The lowest BCUT2D eigenvalue weighted by Crippen LogP contribution is -2.22. The molecule has 0 spiro atoms. The fourth-order valence-corrected chi connectivity index (χ4v) is 8.95. The number of anilines is 1. The van der Waals surface area contributed by atoms with Gasteiger partial charge in [-0.15, -0.1) is 21.5 Å². The maximum absolute atomic E-state index is 14.8. The van der Waals surface area contributed by atoms with Crippen LogP contribution in [0, 0.1) is 18.6 Å². The summed E-state index contributed by atoms with van der Waals surface area (Å²) in [5, 5.41) is 13.2. The van der Waals surface area contributed by atoms with Gasteiger partial charge in [-0.25, -0.2) is 13.8 Å². The summed E-state index contributed by atoms with van der Waals surface area (Å²) in [7, 11) is 1.48. The first-order valence-corrected chi connectivity index (χ1v) is 17.6. The Kier molecular flexibility index (Phi) is 7.38.